The van der Waals surface area contributed by atoms with Gasteiger partial charge < -0.3 is 4.74 Å². The second-order valence-corrected chi connectivity index (χ2v) is 6.30. The lowest BCUT2D eigenvalue weighted by Crippen LogP contribution is -2.42. The van der Waals surface area contributed by atoms with Crippen molar-refractivity contribution < 1.29 is 9.53 Å². The normalized spacial score (nSPS) is 16.1. The molecular weight excluding hydrogens is 312 g/mol. The highest BCUT2D eigenvalue weighted by atomic mass is 32.2. The number of para-hydroxylation sites is 1. The quantitative estimate of drug-likeness (QED) is 0.805. The maximum absolute atomic E-state index is 12.2. The lowest BCUT2D eigenvalue weighted by molar-refractivity contribution is -0.118. The zero-order valence-electron chi connectivity index (χ0n) is 13.3. The first-order valence-electron chi connectivity index (χ1n) is 7.59. The van der Waals surface area contributed by atoms with E-state index in [0.29, 0.717) is 23.2 Å². The van der Waals surface area contributed by atoms with Crippen molar-refractivity contribution in [2.45, 2.75) is 38.6 Å². The molecule has 7 heteroatoms. The van der Waals surface area contributed by atoms with Gasteiger partial charge in [0.2, 0.25) is 16.9 Å². The third kappa shape index (κ3) is 2.88. The smallest absolute Gasteiger partial charge is 0.247 e. The van der Waals surface area contributed by atoms with Crippen molar-refractivity contribution in [2.75, 3.05) is 10.7 Å². The molecule has 0 spiro atoms. The van der Waals surface area contributed by atoms with Crippen LogP contribution in [0.15, 0.2) is 29.4 Å². The van der Waals surface area contributed by atoms with Gasteiger partial charge in [-0.25, -0.2) is 0 Å². The predicted molar refractivity (Wildman–Crippen MR) is 89.5 cm³/mol. The lowest BCUT2D eigenvalue weighted by Gasteiger charge is -2.28. The Labute approximate surface area is 139 Å². The van der Waals surface area contributed by atoms with E-state index in [2.05, 4.69) is 15.2 Å². The topological polar surface area (TPSA) is 68.2 Å². The fraction of sp³-hybridized carbons (Fsp3) is 0.375. The Morgan fingerprint density at radius 1 is 1.30 bits per heavy atom. The maximum atomic E-state index is 12.2. The average Bonchev–Trinajstić information content (AvgIpc) is 2.68. The van der Waals surface area contributed by atoms with Crippen LogP contribution in [0, 0.1) is 0 Å². The van der Waals surface area contributed by atoms with Crippen LogP contribution in [-0.4, -0.2) is 33.1 Å². The van der Waals surface area contributed by atoms with Crippen molar-refractivity contribution in [3.05, 3.63) is 24.3 Å². The van der Waals surface area contributed by atoms with E-state index in [1.54, 1.807) is 4.90 Å². The molecule has 120 valence electrons. The van der Waals surface area contributed by atoms with Crippen molar-refractivity contribution in [3.63, 3.8) is 0 Å². The van der Waals surface area contributed by atoms with Gasteiger partial charge in [0.05, 0.1) is 5.69 Å². The van der Waals surface area contributed by atoms with Gasteiger partial charge >= 0.3 is 0 Å². The van der Waals surface area contributed by atoms with Crippen LogP contribution in [0.25, 0.3) is 11.3 Å². The summed E-state index contributed by atoms with van der Waals surface area (Å²) < 4.78 is 6.03. The molecule has 1 aromatic carbocycles. The molecule has 0 saturated carbocycles. The molecule has 0 bridgehead atoms. The molecule has 0 aliphatic carbocycles. The van der Waals surface area contributed by atoms with Crippen LogP contribution in [0.4, 0.5) is 5.69 Å². The molecule has 2 heterocycles. The van der Waals surface area contributed by atoms with Gasteiger partial charge in [0.15, 0.2) is 11.9 Å². The molecule has 1 aliphatic heterocycles. The molecule has 2 aromatic rings. The second-order valence-electron chi connectivity index (χ2n) is 5.07. The maximum Gasteiger partial charge on any atom is 0.247 e. The number of amides is 1. The van der Waals surface area contributed by atoms with Gasteiger partial charge in [-0.05, 0) is 11.8 Å². The Balaban J connectivity index is 2.20. The minimum absolute atomic E-state index is 0.0757. The fourth-order valence-corrected chi connectivity index (χ4v) is 3.10. The minimum Gasteiger partial charge on any atom is -0.451 e. The van der Waals surface area contributed by atoms with E-state index >= 15 is 0 Å². The van der Waals surface area contributed by atoms with Gasteiger partial charge in [-0.15, -0.1) is 10.2 Å². The van der Waals surface area contributed by atoms with Crippen molar-refractivity contribution >= 4 is 23.4 Å². The van der Waals surface area contributed by atoms with E-state index in [4.69, 9.17) is 4.74 Å². The average molecular weight is 330 g/mol. The van der Waals surface area contributed by atoms with E-state index in [9.17, 15) is 4.79 Å². The summed E-state index contributed by atoms with van der Waals surface area (Å²) in [4.78, 5) is 18.3. The first kappa shape index (κ1) is 15.7. The highest BCUT2D eigenvalue weighted by molar-refractivity contribution is 7.99. The van der Waals surface area contributed by atoms with Gasteiger partial charge in [0.1, 0.15) is 0 Å². The van der Waals surface area contributed by atoms with Crippen molar-refractivity contribution in [2.24, 2.45) is 0 Å². The van der Waals surface area contributed by atoms with E-state index < -0.39 is 6.23 Å². The summed E-state index contributed by atoms with van der Waals surface area (Å²) >= 11 is 1.51. The first-order chi connectivity index (χ1) is 11.2. The number of carbonyl (C=O) groups excluding carboxylic acids is 1. The molecule has 0 radical (unpaired) electrons. The minimum atomic E-state index is -0.411. The number of benzene rings is 1. The Morgan fingerprint density at radius 2 is 2.09 bits per heavy atom. The van der Waals surface area contributed by atoms with E-state index in [1.165, 1.54) is 18.7 Å². The number of ether oxygens (including phenoxy) is 1. The number of thioether (sulfide) groups is 1. The molecule has 6 nitrogen and oxygen atoms in total. The molecule has 0 saturated heterocycles. The number of hydrogen-bond acceptors (Lipinski definition) is 6. The van der Waals surface area contributed by atoms with Crippen LogP contribution < -0.4 is 9.64 Å². The molecule has 1 atom stereocenters. The molecule has 0 N–H and O–H groups in total. The number of aromatic nitrogens is 3. The van der Waals surface area contributed by atoms with Crippen LogP contribution >= 0.6 is 11.8 Å². The van der Waals surface area contributed by atoms with Gasteiger partial charge in [-0.1, -0.05) is 43.8 Å². The van der Waals surface area contributed by atoms with Crippen molar-refractivity contribution in [3.8, 4) is 17.1 Å². The van der Waals surface area contributed by atoms with Crippen LogP contribution in [0.3, 0.4) is 0 Å². The number of hydrogen-bond donors (Lipinski definition) is 0. The van der Waals surface area contributed by atoms with Crippen LogP contribution in [0.2, 0.25) is 0 Å². The number of carbonyl (C=O) groups is 1. The number of rotatable bonds is 3. The summed E-state index contributed by atoms with van der Waals surface area (Å²) in [5.74, 6) is 1.21. The standard InChI is InChI=1S/C16H18N4O2S/c1-4-13-20(10(3)21)12-9-7-6-8-11(12)14-15(22-13)17-16(19-18-14)23-5-2/h6-9,13H,4-5H2,1-3H3/t13-/m0/s1. The van der Waals surface area contributed by atoms with E-state index in [0.717, 1.165) is 17.0 Å². The highest BCUT2D eigenvalue weighted by Gasteiger charge is 2.32. The zero-order chi connectivity index (χ0) is 16.4. The molecule has 1 amide bonds. The SMILES string of the molecule is CCSc1nnc2c(n1)O[C@@H](CC)N(C(C)=O)c1ccccc1-2. The summed E-state index contributed by atoms with van der Waals surface area (Å²) in [5.41, 5.74) is 2.16. The molecule has 1 aromatic heterocycles. The van der Waals surface area contributed by atoms with Crippen LogP contribution in [0.5, 0.6) is 5.88 Å². The monoisotopic (exact) mass is 330 g/mol. The summed E-state index contributed by atoms with van der Waals surface area (Å²) in [7, 11) is 0. The summed E-state index contributed by atoms with van der Waals surface area (Å²) in [5, 5.41) is 9.05. The largest absolute Gasteiger partial charge is 0.451 e. The van der Waals surface area contributed by atoms with Gasteiger partial charge in [0.25, 0.3) is 0 Å². The van der Waals surface area contributed by atoms with Gasteiger partial charge in [0, 0.05) is 18.9 Å². The first-order valence-corrected chi connectivity index (χ1v) is 8.57. The molecule has 1 aliphatic rings. The lowest BCUT2D eigenvalue weighted by atomic mass is 10.1. The van der Waals surface area contributed by atoms with E-state index in [-0.39, 0.29) is 5.91 Å². The molecule has 23 heavy (non-hydrogen) atoms. The Kier molecular flexibility index (Phi) is 4.47. The van der Waals surface area contributed by atoms with Crippen LogP contribution in [-0.2, 0) is 4.79 Å². The summed E-state index contributed by atoms with van der Waals surface area (Å²) in [6.45, 7) is 5.54. The van der Waals surface area contributed by atoms with Crippen molar-refractivity contribution in [1.82, 2.24) is 15.2 Å². The van der Waals surface area contributed by atoms with Gasteiger partial charge in [-0.2, -0.15) is 4.98 Å². The number of fused-ring (bicyclic) bond motifs is 3. The Bertz CT molecular complexity index is 738. The summed E-state index contributed by atoms with van der Waals surface area (Å²) in [6.07, 6.45) is 0.235. The molecule has 0 fully saturated rings. The third-order valence-electron chi connectivity index (χ3n) is 3.55. The van der Waals surface area contributed by atoms with Gasteiger partial charge in [-0.3, -0.25) is 9.69 Å². The molecular formula is C16H18N4O2S. The number of anilines is 1. The molecule has 3 rings (SSSR count). The van der Waals surface area contributed by atoms with Crippen molar-refractivity contribution in [1.29, 1.82) is 0 Å². The summed E-state index contributed by atoms with van der Waals surface area (Å²) in [6, 6.07) is 7.61. The highest BCUT2D eigenvalue weighted by Crippen LogP contribution is 2.39. The van der Waals surface area contributed by atoms with Crippen LogP contribution in [0.1, 0.15) is 27.2 Å². The molecule has 0 unspecified atom stereocenters. The zero-order valence-corrected chi connectivity index (χ0v) is 14.1. The predicted octanol–water partition coefficient (Wildman–Crippen LogP) is 3.13. The fourth-order valence-electron chi connectivity index (χ4n) is 2.60. The second kappa shape index (κ2) is 6.54. The number of nitrogens with zero attached hydrogens (tertiary/aromatic N) is 4. The Hall–Kier alpha value is -2.15. The third-order valence-corrected chi connectivity index (χ3v) is 4.27. The Morgan fingerprint density at radius 3 is 2.78 bits per heavy atom. The van der Waals surface area contributed by atoms with E-state index in [1.807, 2.05) is 38.1 Å².